The molecule has 0 nitrogen and oxygen atoms in total. The number of benzene rings is 2. The van der Waals surface area contributed by atoms with Crippen molar-refractivity contribution < 1.29 is 4.39 Å². The van der Waals surface area contributed by atoms with Gasteiger partial charge >= 0.3 is 0 Å². The van der Waals surface area contributed by atoms with Crippen LogP contribution in [0.3, 0.4) is 0 Å². The lowest BCUT2D eigenvalue weighted by molar-refractivity contribution is 0.639. The minimum absolute atomic E-state index is 0.209. The molecule has 0 fully saturated rings. The van der Waals surface area contributed by atoms with Crippen LogP contribution in [0.5, 0.6) is 0 Å². The van der Waals surface area contributed by atoms with Crippen molar-refractivity contribution in [3.8, 4) is 0 Å². The molecule has 0 unspecified atom stereocenters. The van der Waals surface area contributed by atoms with Gasteiger partial charge in [-0.15, -0.1) is 0 Å². The van der Waals surface area contributed by atoms with Crippen molar-refractivity contribution >= 4 is 23.4 Å². The normalized spacial score (nSPS) is 10.4. The van der Waals surface area contributed by atoms with Gasteiger partial charge in [0, 0.05) is 15.7 Å². The van der Waals surface area contributed by atoms with E-state index >= 15 is 0 Å². The van der Waals surface area contributed by atoms with Crippen LogP contribution in [-0.4, -0.2) is 0 Å². The number of halogens is 1. The van der Waals surface area contributed by atoms with Crippen LogP contribution in [0.1, 0.15) is 0 Å². The average molecular weight is 177 g/mol. The maximum Gasteiger partial charge on any atom is 0.131 e. The molecule has 0 atom stereocenters. The zero-order chi connectivity index (χ0) is 8.55. The van der Waals surface area contributed by atoms with Gasteiger partial charge in [-0.25, -0.2) is 4.39 Å². The van der Waals surface area contributed by atoms with Crippen LogP contribution in [-0.2, 0) is 0 Å². The largest absolute Gasteiger partial charge is 0.206 e. The zero-order valence-electron chi connectivity index (χ0n) is 6.25. The summed E-state index contributed by atoms with van der Waals surface area (Å²) in [6.07, 6.45) is 0. The van der Waals surface area contributed by atoms with Gasteiger partial charge in [-0.1, -0.05) is 36.9 Å². The molecule has 0 aromatic heterocycles. The summed E-state index contributed by atoms with van der Waals surface area (Å²) in [7, 11) is 0. The Morgan fingerprint density at radius 3 is 2.25 bits per heavy atom. The standard InChI is InChI=1S/C10H6FS/c11-9-5-6-10(12)8-4-2-1-3-7(8)9/h1-6H. The van der Waals surface area contributed by atoms with Gasteiger partial charge in [-0.3, -0.25) is 0 Å². The first-order chi connectivity index (χ1) is 5.79. The van der Waals surface area contributed by atoms with E-state index in [1.165, 1.54) is 6.07 Å². The van der Waals surface area contributed by atoms with Crippen LogP contribution in [0.15, 0.2) is 41.3 Å². The fourth-order valence-corrected chi connectivity index (χ4v) is 1.48. The van der Waals surface area contributed by atoms with Crippen molar-refractivity contribution in [2.45, 2.75) is 4.90 Å². The van der Waals surface area contributed by atoms with Gasteiger partial charge in [0.2, 0.25) is 0 Å². The summed E-state index contributed by atoms with van der Waals surface area (Å²) in [4.78, 5) is 0.701. The first kappa shape index (κ1) is 7.50. The van der Waals surface area contributed by atoms with Crippen molar-refractivity contribution in [2.75, 3.05) is 0 Å². The van der Waals surface area contributed by atoms with Gasteiger partial charge < -0.3 is 0 Å². The molecule has 0 spiro atoms. The Morgan fingerprint density at radius 2 is 1.58 bits per heavy atom. The molecular formula is C10H6FS. The first-order valence-electron chi connectivity index (χ1n) is 3.63. The molecule has 0 saturated carbocycles. The Morgan fingerprint density at radius 1 is 0.917 bits per heavy atom. The number of fused-ring (bicyclic) bond motifs is 1. The third kappa shape index (κ3) is 1.04. The lowest BCUT2D eigenvalue weighted by Gasteiger charge is -1.99. The smallest absolute Gasteiger partial charge is 0.131 e. The molecule has 2 aromatic rings. The molecule has 0 amide bonds. The lowest BCUT2D eigenvalue weighted by atomic mass is 10.1. The summed E-state index contributed by atoms with van der Waals surface area (Å²) in [5.74, 6) is -0.209. The predicted octanol–water partition coefficient (Wildman–Crippen LogP) is 3.54. The zero-order valence-corrected chi connectivity index (χ0v) is 7.07. The summed E-state index contributed by atoms with van der Waals surface area (Å²) >= 11 is 5.05. The molecule has 12 heavy (non-hydrogen) atoms. The van der Waals surface area contributed by atoms with Crippen LogP contribution in [0.4, 0.5) is 4.39 Å². The number of hydrogen-bond donors (Lipinski definition) is 0. The van der Waals surface area contributed by atoms with Crippen molar-refractivity contribution in [3.05, 3.63) is 42.2 Å². The minimum Gasteiger partial charge on any atom is -0.206 e. The van der Waals surface area contributed by atoms with E-state index in [0.29, 0.717) is 10.3 Å². The highest BCUT2D eigenvalue weighted by Gasteiger charge is 2.01. The minimum atomic E-state index is -0.209. The summed E-state index contributed by atoms with van der Waals surface area (Å²) in [6.45, 7) is 0. The number of rotatable bonds is 0. The highest BCUT2D eigenvalue weighted by atomic mass is 32.1. The number of hydrogen-bond acceptors (Lipinski definition) is 0. The molecule has 0 saturated heterocycles. The summed E-state index contributed by atoms with van der Waals surface area (Å²) in [6, 6.07) is 10.3. The molecule has 1 radical (unpaired) electrons. The Bertz CT molecular complexity index is 383. The topological polar surface area (TPSA) is 0 Å². The average Bonchev–Trinajstić information content (AvgIpc) is 2.12. The third-order valence-corrected chi connectivity index (χ3v) is 2.19. The van der Waals surface area contributed by atoms with Crippen LogP contribution < -0.4 is 0 Å². The SMILES string of the molecule is Fc1ccc([S])c2ccccc12. The van der Waals surface area contributed by atoms with E-state index in [9.17, 15) is 4.39 Å². The Kier molecular flexibility index (Phi) is 1.70. The molecule has 2 rings (SSSR count). The Balaban J connectivity index is 2.95. The maximum absolute atomic E-state index is 13.1. The Labute approximate surface area is 75.4 Å². The second-order valence-electron chi connectivity index (χ2n) is 2.59. The van der Waals surface area contributed by atoms with Gasteiger partial charge in [-0.05, 0) is 12.1 Å². The van der Waals surface area contributed by atoms with Crippen LogP contribution in [0.2, 0.25) is 0 Å². The molecular weight excluding hydrogens is 171 g/mol. The fraction of sp³-hybridized carbons (Fsp3) is 0. The molecule has 0 N–H and O–H groups in total. The third-order valence-electron chi connectivity index (χ3n) is 1.83. The molecule has 0 aliphatic heterocycles. The molecule has 2 aromatic carbocycles. The molecule has 2 heteroatoms. The van der Waals surface area contributed by atoms with Gasteiger partial charge in [0.1, 0.15) is 5.82 Å². The van der Waals surface area contributed by atoms with Crippen molar-refractivity contribution in [1.29, 1.82) is 0 Å². The lowest BCUT2D eigenvalue weighted by Crippen LogP contribution is -1.79. The van der Waals surface area contributed by atoms with E-state index in [0.717, 1.165) is 5.39 Å². The van der Waals surface area contributed by atoms with E-state index < -0.39 is 0 Å². The van der Waals surface area contributed by atoms with Crippen LogP contribution >= 0.6 is 12.6 Å². The van der Waals surface area contributed by atoms with Gasteiger partial charge in [-0.2, -0.15) is 0 Å². The quantitative estimate of drug-likeness (QED) is 0.577. The fourth-order valence-electron chi connectivity index (χ4n) is 1.23. The van der Waals surface area contributed by atoms with Gasteiger partial charge in [0.25, 0.3) is 0 Å². The highest BCUT2D eigenvalue weighted by molar-refractivity contribution is 7.80. The second kappa shape index (κ2) is 2.72. The second-order valence-corrected chi connectivity index (χ2v) is 3.03. The molecule has 0 aliphatic rings. The van der Waals surface area contributed by atoms with Crippen LogP contribution in [0.25, 0.3) is 10.8 Å². The summed E-state index contributed by atoms with van der Waals surface area (Å²) in [5.41, 5.74) is 0. The Hall–Kier alpha value is -1.15. The van der Waals surface area contributed by atoms with E-state index in [1.54, 1.807) is 18.2 Å². The van der Waals surface area contributed by atoms with Gasteiger partial charge in [0.05, 0.1) is 0 Å². The van der Waals surface area contributed by atoms with E-state index in [2.05, 4.69) is 0 Å². The molecule has 0 bridgehead atoms. The van der Waals surface area contributed by atoms with Crippen molar-refractivity contribution in [2.24, 2.45) is 0 Å². The molecule has 59 valence electrons. The maximum atomic E-state index is 13.1. The van der Waals surface area contributed by atoms with E-state index in [4.69, 9.17) is 12.6 Å². The summed E-state index contributed by atoms with van der Waals surface area (Å²) < 4.78 is 13.1. The predicted molar refractivity (Wildman–Crippen MR) is 49.8 cm³/mol. The monoisotopic (exact) mass is 177 g/mol. The van der Waals surface area contributed by atoms with Crippen molar-refractivity contribution in [3.63, 3.8) is 0 Å². The van der Waals surface area contributed by atoms with Gasteiger partial charge in [0.15, 0.2) is 0 Å². The first-order valence-corrected chi connectivity index (χ1v) is 4.04. The van der Waals surface area contributed by atoms with E-state index in [1.807, 2.05) is 12.1 Å². The molecule has 0 heterocycles. The van der Waals surface area contributed by atoms with Crippen molar-refractivity contribution in [1.82, 2.24) is 0 Å². The summed E-state index contributed by atoms with van der Waals surface area (Å²) in [5, 5.41) is 1.41. The highest BCUT2D eigenvalue weighted by Crippen LogP contribution is 2.23. The van der Waals surface area contributed by atoms with Crippen LogP contribution in [0, 0.1) is 5.82 Å². The van der Waals surface area contributed by atoms with E-state index in [-0.39, 0.29) is 5.82 Å². The molecule has 0 aliphatic carbocycles.